The number of anilines is 1. The second-order valence-corrected chi connectivity index (χ2v) is 3.62. The van der Waals surface area contributed by atoms with Crippen molar-refractivity contribution in [2.45, 2.75) is 6.42 Å². The van der Waals surface area contributed by atoms with Gasteiger partial charge >= 0.3 is 0 Å². The van der Waals surface area contributed by atoms with Crippen molar-refractivity contribution in [3.8, 4) is 0 Å². The second kappa shape index (κ2) is 5.78. The van der Waals surface area contributed by atoms with Crippen LogP contribution in [0.5, 0.6) is 0 Å². The van der Waals surface area contributed by atoms with Crippen molar-refractivity contribution >= 4 is 11.7 Å². The van der Waals surface area contributed by atoms with Crippen molar-refractivity contribution in [2.75, 3.05) is 12.0 Å². The highest BCUT2D eigenvalue weighted by atomic mass is 16.1. The Hall–Kier alpha value is -2.41. The van der Waals surface area contributed by atoms with E-state index in [1.807, 2.05) is 0 Å². The van der Waals surface area contributed by atoms with E-state index in [0.717, 1.165) is 5.82 Å². The summed E-state index contributed by atoms with van der Waals surface area (Å²) in [5.74, 6) is 6.38. The summed E-state index contributed by atoms with van der Waals surface area (Å²) >= 11 is 0. The minimum absolute atomic E-state index is 0.169. The normalized spacial score (nSPS) is 10.1. The minimum Gasteiger partial charge on any atom is -0.352 e. The van der Waals surface area contributed by atoms with Crippen LogP contribution in [0.2, 0.25) is 0 Å². The maximum Gasteiger partial charge on any atom is 0.252 e. The highest BCUT2D eigenvalue weighted by Gasteiger charge is 2.05. The van der Waals surface area contributed by atoms with Crippen LogP contribution in [0, 0.1) is 0 Å². The number of nitrogens with two attached hydrogens (primary N) is 1. The Morgan fingerprint density at radius 2 is 2.28 bits per heavy atom. The molecular weight excluding hydrogens is 232 g/mol. The van der Waals surface area contributed by atoms with Crippen molar-refractivity contribution < 1.29 is 4.79 Å². The van der Waals surface area contributed by atoms with Gasteiger partial charge in [0.1, 0.15) is 11.6 Å². The number of nitrogens with zero attached hydrogens (tertiary/aromatic N) is 2. The Bertz CT molecular complexity index is 493. The summed E-state index contributed by atoms with van der Waals surface area (Å²) < 4.78 is 0. The molecule has 7 heteroatoms. The van der Waals surface area contributed by atoms with E-state index in [0.29, 0.717) is 24.3 Å². The molecule has 5 N–H and O–H groups in total. The summed E-state index contributed by atoms with van der Waals surface area (Å²) in [6.07, 6.45) is 5.56. The zero-order chi connectivity index (χ0) is 12.8. The molecule has 18 heavy (non-hydrogen) atoms. The third kappa shape index (κ3) is 3.05. The van der Waals surface area contributed by atoms with Crippen LogP contribution in [0.15, 0.2) is 30.7 Å². The molecule has 1 amide bonds. The molecule has 0 aliphatic carbocycles. The molecule has 0 radical (unpaired) electrons. The summed E-state index contributed by atoms with van der Waals surface area (Å²) in [4.78, 5) is 22.7. The Morgan fingerprint density at radius 3 is 2.89 bits per heavy atom. The standard InChI is InChI=1S/C11H14N6O/c12-17-10-2-1-8(7-16-10)11(18)15-4-3-9-13-5-6-14-9/h1-2,5-7H,3-4,12H2,(H,13,14)(H,15,18)(H,16,17). The zero-order valence-corrected chi connectivity index (χ0v) is 9.68. The number of carbonyl (C=O) groups is 1. The van der Waals surface area contributed by atoms with Gasteiger partial charge in [-0.2, -0.15) is 0 Å². The average Bonchev–Trinajstić information content (AvgIpc) is 2.92. The summed E-state index contributed by atoms with van der Waals surface area (Å²) in [7, 11) is 0. The highest BCUT2D eigenvalue weighted by molar-refractivity contribution is 5.94. The lowest BCUT2D eigenvalue weighted by Gasteiger charge is -2.04. The van der Waals surface area contributed by atoms with Gasteiger partial charge in [0.15, 0.2) is 0 Å². The Balaban J connectivity index is 1.83. The van der Waals surface area contributed by atoms with Crippen LogP contribution in [0.1, 0.15) is 16.2 Å². The lowest BCUT2D eigenvalue weighted by atomic mass is 10.2. The minimum atomic E-state index is -0.169. The first kappa shape index (κ1) is 12.1. The number of H-pyrrole nitrogens is 1. The molecule has 94 valence electrons. The van der Waals surface area contributed by atoms with E-state index in [1.165, 1.54) is 6.20 Å². The van der Waals surface area contributed by atoms with E-state index in [4.69, 9.17) is 5.84 Å². The average molecular weight is 246 g/mol. The van der Waals surface area contributed by atoms with Gasteiger partial charge in [-0.25, -0.2) is 15.8 Å². The first-order valence-electron chi connectivity index (χ1n) is 5.48. The molecule has 2 aromatic heterocycles. The number of rotatable bonds is 5. The lowest BCUT2D eigenvalue weighted by Crippen LogP contribution is -2.26. The molecule has 0 saturated carbocycles. The van der Waals surface area contributed by atoms with E-state index in [9.17, 15) is 4.79 Å². The molecular formula is C11H14N6O. The quantitative estimate of drug-likeness (QED) is 0.441. The molecule has 0 aliphatic heterocycles. The van der Waals surface area contributed by atoms with Crippen molar-refractivity contribution in [2.24, 2.45) is 5.84 Å². The van der Waals surface area contributed by atoms with Gasteiger partial charge in [-0.15, -0.1) is 0 Å². The van der Waals surface area contributed by atoms with Gasteiger partial charge in [-0.05, 0) is 12.1 Å². The van der Waals surface area contributed by atoms with Crippen LogP contribution < -0.4 is 16.6 Å². The van der Waals surface area contributed by atoms with Crippen LogP contribution in [-0.4, -0.2) is 27.4 Å². The lowest BCUT2D eigenvalue weighted by molar-refractivity contribution is 0.0953. The fourth-order valence-corrected chi connectivity index (χ4v) is 1.44. The Labute approximate surface area is 104 Å². The van der Waals surface area contributed by atoms with Crippen molar-refractivity contribution in [1.82, 2.24) is 20.3 Å². The summed E-state index contributed by atoms with van der Waals surface area (Å²) in [6, 6.07) is 3.30. The molecule has 2 heterocycles. The van der Waals surface area contributed by atoms with E-state index >= 15 is 0 Å². The van der Waals surface area contributed by atoms with Crippen LogP contribution in [0.4, 0.5) is 5.82 Å². The predicted octanol–water partition coefficient (Wildman–Crippen LogP) is 0.0628. The largest absolute Gasteiger partial charge is 0.352 e. The fraction of sp³-hybridized carbons (Fsp3) is 0.182. The molecule has 0 saturated heterocycles. The number of nitrogen functional groups attached to an aromatic ring is 1. The van der Waals surface area contributed by atoms with E-state index in [1.54, 1.807) is 24.5 Å². The van der Waals surface area contributed by atoms with E-state index < -0.39 is 0 Å². The van der Waals surface area contributed by atoms with Gasteiger partial charge in [0.05, 0.1) is 5.56 Å². The SMILES string of the molecule is NNc1ccc(C(=O)NCCc2ncc[nH]2)cn1. The number of aromatic amines is 1. The molecule has 0 fully saturated rings. The fourth-order valence-electron chi connectivity index (χ4n) is 1.44. The number of nitrogens with one attached hydrogen (secondary N) is 3. The molecule has 0 aromatic carbocycles. The predicted molar refractivity (Wildman–Crippen MR) is 66.7 cm³/mol. The van der Waals surface area contributed by atoms with Crippen molar-refractivity contribution in [3.05, 3.63) is 42.1 Å². The zero-order valence-electron chi connectivity index (χ0n) is 9.68. The Morgan fingerprint density at radius 1 is 1.39 bits per heavy atom. The number of hydrazine groups is 1. The van der Waals surface area contributed by atoms with Gasteiger partial charge in [-0.1, -0.05) is 0 Å². The first-order valence-corrected chi connectivity index (χ1v) is 5.48. The maximum absolute atomic E-state index is 11.7. The Kier molecular flexibility index (Phi) is 3.87. The van der Waals surface area contributed by atoms with E-state index in [-0.39, 0.29) is 5.91 Å². The first-order chi connectivity index (χ1) is 8.79. The number of pyridine rings is 1. The second-order valence-electron chi connectivity index (χ2n) is 3.62. The number of carbonyl (C=O) groups excluding carboxylic acids is 1. The third-order valence-electron chi connectivity index (χ3n) is 2.38. The van der Waals surface area contributed by atoms with Crippen LogP contribution in [0.3, 0.4) is 0 Å². The van der Waals surface area contributed by atoms with Crippen molar-refractivity contribution in [3.63, 3.8) is 0 Å². The van der Waals surface area contributed by atoms with Gasteiger partial charge in [0.2, 0.25) is 0 Å². The molecule has 2 aromatic rings. The summed E-state index contributed by atoms with van der Waals surface area (Å²) in [5.41, 5.74) is 2.89. The van der Waals surface area contributed by atoms with Gasteiger partial charge in [-0.3, -0.25) is 4.79 Å². The van der Waals surface area contributed by atoms with Gasteiger partial charge in [0.25, 0.3) is 5.91 Å². The van der Waals surface area contributed by atoms with Gasteiger partial charge < -0.3 is 15.7 Å². The smallest absolute Gasteiger partial charge is 0.252 e. The van der Waals surface area contributed by atoms with Gasteiger partial charge in [0, 0.05) is 31.6 Å². The number of hydrogen-bond donors (Lipinski definition) is 4. The summed E-state index contributed by atoms with van der Waals surface area (Å²) in [5, 5.41) is 2.78. The molecule has 0 spiro atoms. The number of imidazole rings is 1. The highest BCUT2D eigenvalue weighted by Crippen LogP contribution is 2.03. The molecule has 7 nitrogen and oxygen atoms in total. The van der Waals surface area contributed by atoms with E-state index in [2.05, 4.69) is 25.7 Å². The third-order valence-corrected chi connectivity index (χ3v) is 2.38. The van der Waals surface area contributed by atoms with Crippen LogP contribution in [0.25, 0.3) is 0 Å². The van der Waals surface area contributed by atoms with Crippen LogP contribution >= 0.6 is 0 Å². The van der Waals surface area contributed by atoms with Crippen molar-refractivity contribution in [1.29, 1.82) is 0 Å². The van der Waals surface area contributed by atoms with Crippen LogP contribution in [-0.2, 0) is 6.42 Å². The number of hydrogen-bond acceptors (Lipinski definition) is 5. The molecule has 0 bridgehead atoms. The summed E-state index contributed by atoms with van der Waals surface area (Å²) in [6.45, 7) is 0.517. The maximum atomic E-state index is 11.7. The molecule has 0 aliphatic rings. The topological polar surface area (TPSA) is 109 Å². The monoisotopic (exact) mass is 246 g/mol. The number of aromatic nitrogens is 3. The molecule has 2 rings (SSSR count). The molecule has 0 atom stereocenters. The molecule has 0 unspecified atom stereocenters. The number of amides is 1.